The minimum absolute atomic E-state index is 0.0255. The molecule has 0 aromatic heterocycles. The van der Waals surface area contributed by atoms with Crippen molar-refractivity contribution in [3.05, 3.63) is 34.4 Å². The van der Waals surface area contributed by atoms with Crippen LogP contribution in [0.5, 0.6) is 0 Å². The summed E-state index contributed by atoms with van der Waals surface area (Å²) < 4.78 is 0. The van der Waals surface area contributed by atoms with E-state index in [2.05, 4.69) is 32.9 Å². The van der Waals surface area contributed by atoms with Gasteiger partial charge in [-0.05, 0) is 72.1 Å². The summed E-state index contributed by atoms with van der Waals surface area (Å²) in [6.45, 7) is 8.31. The Balaban J connectivity index is 2.15. The second kappa shape index (κ2) is 6.40. The Kier molecular flexibility index (Phi) is 4.66. The maximum atomic E-state index is 12.1. The first kappa shape index (κ1) is 18.9. The SMILES string of the molecule is CC(C)c1cc2c(cc1CC(=O)O)C1(C)CCCC(C)(C(=O)O)C1CC2. The highest BCUT2D eigenvalue weighted by atomic mass is 16.4. The summed E-state index contributed by atoms with van der Waals surface area (Å²) in [6, 6.07) is 4.30. The lowest BCUT2D eigenvalue weighted by molar-refractivity contribution is -0.157. The number of hydrogen-bond donors (Lipinski definition) is 2. The lowest BCUT2D eigenvalue weighted by Crippen LogP contribution is -2.52. The number of fused-ring (bicyclic) bond motifs is 3. The third-order valence-corrected chi connectivity index (χ3v) is 7.07. The number of benzene rings is 1. The Labute approximate surface area is 155 Å². The first-order valence-electron chi connectivity index (χ1n) is 9.71. The van der Waals surface area contributed by atoms with Crippen LogP contribution in [0.2, 0.25) is 0 Å². The normalized spacial score (nSPS) is 30.6. The molecule has 2 aliphatic rings. The van der Waals surface area contributed by atoms with E-state index < -0.39 is 17.4 Å². The fourth-order valence-corrected chi connectivity index (χ4v) is 5.69. The number of aliphatic carboxylic acids is 2. The van der Waals surface area contributed by atoms with E-state index >= 15 is 0 Å². The molecule has 0 radical (unpaired) electrons. The molecule has 3 unspecified atom stereocenters. The maximum absolute atomic E-state index is 12.1. The van der Waals surface area contributed by atoms with E-state index in [1.54, 1.807) is 0 Å². The van der Waals surface area contributed by atoms with Gasteiger partial charge in [-0.3, -0.25) is 9.59 Å². The topological polar surface area (TPSA) is 74.6 Å². The molecule has 1 aromatic rings. The molecule has 1 fully saturated rings. The Morgan fingerprint density at radius 2 is 1.88 bits per heavy atom. The van der Waals surface area contributed by atoms with Crippen LogP contribution in [0.4, 0.5) is 0 Å². The molecule has 0 aliphatic heterocycles. The van der Waals surface area contributed by atoms with E-state index in [-0.39, 0.29) is 23.7 Å². The van der Waals surface area contributed by atoms with Gasteiger partial charge in [-0.1, -0.05) is 39.3 Å². The summed E-state index contributed by atoms with van der Waals surface area (Å²) in [6.07, 6.45) is 4.39. The number of aryl methyl sites for hydroxylation is 1. The van der Waals surface area contributed by atoms with Gasteiger partial charge in [-0.25, -0.2) is 0 Å². The lowest BCUT2D eigenvalue weighted by Gasteiger charge is -2.53. The largest absolute Gasteiger partial charge is 0.481 e. The van der Waals surface area contributed by atoms with Crippen LogP contribution in [-0.2, 0) is 27.8 Å². The fraction of sp³-hybridized carbons (Fsp3) is 0.636. The van der Waals surface area contributed by atoms with Crippen LogP contribution in [0.1, 0.15) is 81.5 Å². The molecule has 1 saturated carbocycles. The highest BCUT2D eigenvalue weighted by molar-refractivity contribution is 5.75. The van der Waals surface area contributed by atoms with Crippen LogP contribution in [0.3, 0.4) is 0 Å². The van der Waals surface area contributed by atoms with Crippen molar-refractivity contribution in [2.75, 3.05) is 0 Å². The quantitative estimate of drug-likeness (QED) is 0.829. The van der Waals surface area contributed by atoms with Crippen molar-refractivity contribution in [3.63, 3.8) is 0 Å². The van der Waals surface area contributed by atoms with Crippen molar-refractivity contribution in [2.24, 2.45) is 11.3 Å². The lowest BCUT2D eigenvalue weighted by atomic mass is 9.49. The summed E-state index contributed by atoms with van der Waals surface area (Å²) in [5.41, 5.74) is 3.59. The summed E-state index contributed by atoms with van der Waals surface area (Å²) >= 11 is 0. The fourth-order valence-electron chi connectivity index (χ4n) is 5.69. The molecule has 2 aliphatic carbocycles. The Morgan fingerprint density at radius 3 is 2.46 bits per heavy atom. The molecule has 4 heteroatoms. The van der Waals surface area contributed by atoms with Gasteiger partial charge in [-0.2, -0.15) is 0 Å². The summed E-state index contributed by atoms with van der Waals surface area (Å²) in [5.74, 6) is -1.14. The highest BCUT2D eigenvalue weighted by Crippen LogP contribution is 2.57. The molecule has 0 amide bonds. The molecular weight excluding hydrogens is 328 g/mol. The van der Waals surface area contributed by atoms with Gasteiger partial charge in [0.25, 0.3) is 0 Å². The second-order valence-corrected chi connectivity index (χ2v) is 9.02. The molecule has 1 aromatic carbocycles. The maximum Gasteiger partial charge on any atom is 0.309 e. The molecule has 4 nitrogen and oxygen atoms in total. The molecule has 3 atom stereocenters. The number of carboxylic acid groups (broad SMARTS) is 2. The van der Waals surface area contributed by atoms with Gasteiger partial charge in [0.1, 0.15) is 0 Å². The third-order valence-electron chi connectivity index (χ3n) is 7.07. The zero-order valence-corrected chi connectivity index (χ0v) is 16.3. The van der Waals surface area contributed by atoms with Crippen LogP contribution < -0.4 is 0 Å². The summed E-state index contributed by atoms with van der Waals surface area (Å²) in [4.78, 5) is 23.5. The van der Waals surface area contributed by atoms with Crippen molar-refractivity contribution < 1.29 is 19.8 Å². The Hall–Kier alpha value is -1.84. The third kappa shape index (κ3) is 2.83. The van der Waals surface area contributed by atoms with Gasteiger partial charge >= 0.3 is 11.9 Å². The van der Waals surface area contributed by atoms with E-state index in [4.69, 9.17) is 0 Å². The smallest absolute Gasteiger partial charge is 0.309 e. The zero-order chi connectivity index (χ0) is 19.3. The number of hydrogen-bond acceptors (Lipinski definition) is 2. The molecule has 26 heavy (non-hydrogen) atoms. The molecule has 0 spiro atoms. The number of carbonyl (C=O) groups is 2. The van der Waals surface area contributed by atoms with E-state index in [0.717, 1.165) is 43.2 Å². The predicted molar refractivity (Wildman–Crippen MR) is 101 cm³/mol. The molecule has 142 valence electrons. The van der Waals surface area contributed by atoms with Gasteiger partial charge in [0.2, 0.25) is 0 Å². The van der Waals surface area contributed by atoms with E-state index in [1.807, 2.05) is 6.92 Å². The second-order valence-electron chi connectivity index (χ2n) is 9.02. The van der Waals surface area contributed by atoms with E-state index in [9.17, 15) is 19.8 Å². The van der Waals surface area contributed by atoms with Crippen LogP contribution >= 0.6 is 0 Å². The average molecular weight is 358 g/mol. The predicted octanol–water partition coefficient (Wildman–Crippen LogP) is 4.53. The van der Waals surface area contributed by atoms with Crippen molar-refractivity contribution in [1.82, 2.24) is 0 Å². The molecule has 0 heterocycles. The first-order chi connectivity index (χ1) is 12.1. The van der Waals surface area contributed by atoms with Crippen molar-refractivity contribution >= 4 is 11.9 Å². The minimum atomic E-state index is -0.816. The first-order valence-corrected chi connectivity index (χ1v) is 9.71. The number of rotatable bonds is 4. The van der Waals surface area contributed by atoms with Crippen LogP contribution in [-0.4, -0.2) is 22.2 Å². The standard InChI is InChI=1S/C22H30O4/c1-13(2)16-10-14-6-7-18-21(3,8-5-9-22(18,4)20(25)26)17(14)11-15(16)12-19(23)24/h10-11,13,18H,5-9,12H2,1-4H3,(H,23,24)(H,25,26). The van der Waals surface area contributed by atoms with Gasteiger partial charge in [0, 0.05) is 0 Å². The number of carboxylic acids is 2. The molecular formula is C22H30O4. The van der Waals surface area contributed by atoms with E-state index in [1.165, 1.54) is 11.1 Å². The minimum Gasteiger partial charge on any atom is -0.481 e. The van der Waals surface area contributed by atoms with Crippen molar-refractivity contribution in [3.8, 4) is 0 Å². The van der Waals surface area contributed by atoms with Crippen molar-refractivity contribution in [2.45, 2.75) is 77.6 Å². The van der Waals surface area contributed by atoms with Crippen molar-refractivity contribution in [1.29, 1.82) is 0 Å². The zero-order valence-electron chi connectivity index (χ0n) is 16.3. The molecule has 0 saturated heterocycles. The van der Waals surface area contributed by atoms with Crippen LogP contribution in [0.15, 0.2) is 12.1 Å². The molecule has 2 N–H and O–H groups in total. The Morgan fingerprint density at radius 1 is 1.19 bits per heavy atom. The Bertz CT molecular complexity index is 751. The van der Waals surface area contributed by atoms with Gasteiger partial charge < -0.3 is 10.2 Å². The monoisotopic (exact) mass is 358 g/mol. The van der Waals surface area contributed by atoms with Crippen LogP contribution in [0.25, 0.3) is 0 Å². The van der Waals surface area contributed by atoms with Gasteiger partial charge in [0.15, 0.2) is 0 Å². The van der Waals surface area contributed by atoms with Gasteiger partial charge in [-0.15, -0.1) is 0 Å². The summed E-state index contributed by atoms with van der Waals surface area (Å²) in [5, 5.41) is 19.3. The highest BCUT2D eigenvalue weighted by Gasteiger charge is 2.55. The van der Waals surface area contributed by atoms with E-state index in [0.29, 0.717) is 0 Å². The van der Waals surface area contributed by atoms with Gasteiger partial charge in [0.05, 0.1) is 11.8 Å². The average Bonchev–Trinajstić information content (AvgIpc) is 2.53. The van der Waals surface area contributed by atoms with Crippen LogP contribution in [0, 0.1) is 11.3 Å². The molecule has 0 bridgehead atoms. The summed E-state index contributed by atoms with van der Waals surface area (Å²) in [7, 11) is 0. The molecule has 3 rings (SSSR count).